The van der Waals surface area contributed by atoms with Crippen molar-refractivity contribution in [2.24, 2.45) is 5.92 Å². The van der Waals surface area contributed by atoms with Gasteiger partial charge in [0, 0.05) is 24.5 Å². The van der Waals surface area contributed by atoms with Crippen molar-refractivity contribution >= 4 is 5.91 Å². The molecule has 1 amide bonds. The van der Waals surface area contributed by atoms with Crippen LogP contribution in [0.3, 0.4) is 0 Å². The first-order valence-corrected chi connectivity index (χ1v) is 7.29. The van der Waals surface area contributed by atoms with E-state index in [-0.39, 0.29) is 18.1 Å². The normalized spacial score (nSPS) is 32.2. The summed E-state index contributed by atoms with van der Waals surface area (Å²) in [5.74, 6) is 0.806. The molecule has 2 aliphatic rings. The van der Waals surface area contributed by atoms with Gasteiger partial charge in [-0.1, -0.05) is 19.8 Å². The fourth-order valence-electron chi connectivity index (χ4n) is 2.99. The summed E-state index contributed by atoms with van der Waals surface area (Å²) in [7, 11) is 0. The molecule has 0 saturated heterocycles. The molecule has 0 bridgehead atoms. The summed E-state index contributed by atoms with van der Waals surface area (Å²) in [6, 6.07) is 0.444. The van der Waals surface area contributed by atoms with Gasteiger partial charge in [-0.2, -0.15) is 0 Å². The average Bonchev–Trinajstić information content (AvgIpc) is 3.13. The number of carbonyl (C=O) groups excluding carboxylic acids is 1. The third kappa shape index (κ3) is 3.95. The van der Waals surface area contributed by atoms with Gasteiger partial charge in [0.15, 0.2) is 0 Å². The van der Waals surface area contributed by atoms with Crippen LogP contribution in [-0.2, 0) is 4.79 Å². The van der Waals surface area contributed by atoms with Gasteiger partial charge in [0.2, 0.25) is 5.91 Å². The lowest BCUT2D eigenvalue weighted by Gasteiger charge is -2.39. The Kier molecular flexibility index (Phi) is 4.62. The molecule has 0 spiro atoms. The molecule has 4 heteroatoms. The van der Waals surface area contributed by atoms with Crippen LogP contribution >= 0.6 is 0 Å². The van der Waals surface area contributed by atoms with Gasteiger partial charge in [-0.3, -0.25) is 4.79 Å². The Morgan fingerprint density at radius 1 is 1.39 bits per heavy atom. The highest BCUT2D eigenvalue weighted by Crippen LogP contribution is 2.31. The molecule has 2 fully saturated rings. The molecule has 2 atom stereocenters. The summed E-state index contributed by atoms with van der Waals surface area (Å²) in [4.78, 5) is 11.6. The Morgan fingerprint density at radius 2 is 2.17 bits per heavy atom. The molecular formula is C14H26N2O2. The number of rotatable bonds is 6. The molecule has 0 aromatic heterocycles. The van der Waals surface area contributed by atoms with Crippen molar-refractivity contribution in [1.82, 2.24) is 10.6 Å². The predicted octanol–water partition coefficient (Wildman–Crippen LogP) is 1.19. The fourth-order valence-corrected chi connectivity index (χ4v) is 2.99. The predicted molar refractivity (Wildman–Crippen MR) is 71.2 cm³/mol. The van der Waals surface area contributed by atoms with Crippen LogP contribution in [0.1, 0.15) is 51.9 Å². The fraction of sp³-hybridized carbons (Fsp3) is 0.929. The van der Waals surface area contributed by atoms with E-state index >= 15 is 0 Å². The Labute approximate surface area is 110 Å². The van der Waals surface area contributed by atoms with Crippen LogP contribution in [0.15, 0.2) is 0 Å². The maximum Gasteiger partial charge on any atom is 0.221 e. The van der Waals surface area contributed by atoms with Crippen molar-refractivity contribution in [3.05, 3.63) is 0 Å². The summed E-state index contributed by atoms with van der Waals surface area (Å²) in [5.41, 5.74) is -0.141. The van der Waals surface area contributed by atoms with Crippen molar-refractivity contribution in [2.75, 3.05) is 13.2 Å². The zero-order valence-corrected chi connectivity index (χ0v) is 11.4. The molecule has 2 aliphatic carbocycles. The van der Waals surface area contributed by atoms with Crippen LogP contribution < -0.4 is 10.6 Å². The molecule has 2 saturated carbocycles. The standard InChI is InChI=1S/C14H26N2O2/c1-11-3-2-7-14(9-11,10-17)15-8-6-13(18)16-12-4-5-12/h11-12,15,17H,2-10H2,1H3,(H,16,18). The number of carbonyl (C=O) groups is 1. The van der Waals surface area contributed by atoms with E-state index < -0.39 is 0 Å². The lowest BCUT2D eigenvalue weighted by molar-refractivity contribution is -0.121. The highest BCUT2D eigenvalue weighted by atomic mass is 16.3. The molecule has 0 aromatic rings. The van der Waals surface area contributed by atoms with E-state index in [1.54, 1.807) is 0 Å². The Morgan fingerprint density at radius 3 is 2.78 bits per heavy atom. The molecule has 2 unspecified atom stereocenters. The van der Waals surface area contributed by atoms with Gasteiger partial charge in [0.25, 0.3) is 0 Å². The van der Waals surface area contributed by atoms with Crippen LogP contribution in [0.2, 0.25) is 0 Å². The lowest BCUT2D eigenvalue weighted by atomic mass is 9.77. The number of amides is 1. The zero-order chi connectivity index (χ0) is 13.0. The first-order chi connectivity index (χ1) is 8.63. The van der Waals surface area contributed by atoms with Gasteiger partial charge in [-0.15, -0.1) is 0 Å². The van der Waals surface area contributed by atoms with Crippen LogP contribution in [0, 0.1) is 5.92 Å². The number of hydrogen-bond acceptors (Lipinski definition) is 3. The number of hydrogen-bond donors (Lipinski definition) is 3. The van der Waals surface area contributed by atoms with Gasteiger partial charge in [0.05, 0.1) is 6.61 Å². The molecule has 4 nitrogen and oxygen atoms in total. The van der Waals surface area contributed by atoms with E-state index in [9.17, 15) is 9.90 Å². The summed E-state index contributed by atoms with van der Waals surface area (Å²) in [6.07, 6.45) is 7.27. The minimum atomic E-state index is -0.141. The van der Waals surface area contributed by atoms with E-state index in [1.807, 2.05) is 0 Å². The number of nitrogens with one attached hydrogen (secondary N) is 2. The minimum absolute atomic E-state index is 0.141. The van der Waals surface area contributed by atoms with Gasteiger partial charge < -0.3 is 15.7 Å². The molecule has 0 heterocycles. The first-order valence-electron chi connectivity index (χ1n) is 7.29. The summed E-state index contributed by atoms with van der Waals surface area (Å²) >= 11 is 0. The molecule has 0 aromatic carbocycles. The molecule has 0 aliphatic heterocycles. The quantitative estimate of drug-likeness (QED) is 0.667. The van der Waals surface area contributed by atoms with Crippen molar-refractivity contribution in [3.63, 3.8) is 0 Å². The first kappa shape index (κ1) is 13.8. The van der Waals surface area contributed by atoms with E-state index in [0.29, 0.717) is 24.9 Å². The van der Waals surface area contributed by atoms with Crippen molar-refractivity contribution in [1.29, 1.82) is 0 Å². The second-order valence-electron chi connectivity index (χ2n) is 6.16. The third-order valence-electron chi connectivity index (χ3n) is 4.19. The summed E-state index contributed by atoms with van der Waals surface area (Å²) in [6.45, 7) is 3.10. The van der Waals surface area contributed by atoms with Crippen LogP contribution in [0.25, 0.3) is 0 Å². The van der Waals surface area contributed by atoms with Gasteiger partial charge in [-0.25, -0.2) is 0 Å². The zero-order valence-electron chi connectivity index (χ0n) is 11.4. The van der Waals surface area contributed by atoms with Crippen molar-refractivity contribution in [3.8, 4) is 0 Å². The molecule has 2 rings (SSSR count). The Balaban J connectivity index is 1.70. The van der Waals surface area contributed by atoms with Gasteiger partial charge in [0.1, 0.15) is 0 Å². The summed E-state index contributed by atoms with van der Waals surface area (Å²) in [5, 5.41) is 16.0. The smallest absolute Gasteiger partial charge is 0.221 e. The van der Waals surface area contributed by atoms with Crippen LogP contribution in [0.5, 0.6) is 0 Å². The topological polar surface area (TPSA) is 61.4 Å². The Bertz CT molecular complexity index is 292. The largest absolute Gasteiger partial charge is 0.394 e. The maximum absolute atomic E-state index is 11.6. The molecule has 0 radical (unpaired) electrons. The molecule has 104 valence electrons. The maximum atomic E-state index is 11.6. The van der Waals surface area contributed by atoms with E-state index in [4.69, 9.17) is 0 Å². The lowest BCUT2D eigenvalue weighted by Crippen LogP contribution is -2.52. The van der Waals surface area contributed by atoms with Crippen molar-refractivity contribution in [2.45, 2.75) is 63.5 Å². The van der Waals surface area contributed by atoms with E-state index in [0.717, 1.165) is 25.7 Å². The van der Waals surface area contributed by atoms with E-state index in [1.165, 1.54) is 12.8 Å². The number of aliphatic hydroxyl groups excluding tert-OH is 1. The second-order valence-corrected chi connectivity index (χ2v) is 6.16. The molecular weight excluding hydrogens is 228 g/mol. The highest BCUT2D eigenvalue weighted by molar-refractivity contribution is 5.76. The third-order valence-corrected chi connectivity index (χ3v) is 4.19. The molecule has 18 heavy (non-hydrogen) atoms. The second kappa shape index (κ2) is 6.02. The number of aliphatic hydroxyl groups is 1. The minimum Gasteiger partial charge on any atom is -0.394 e. The average molecular weight is 254 g/mol. The van der Waals surface area contributed by atoms with E-state index in [2.05, 4.69) is 17.6 Å². The molecule has 3 N–H and O–H groups in total. The Hall–Kier alpha value is -0.610. The van der Waals surface area contributed by atoms with Gasteiger partial charge >= 0.3 is 0 Å². The monoisotopic (exact) mass is 254 g/mol. The van der Waals surface area contributed by atoms with Crippen LogP contribution in [0.4, 0.5) is 0 Å². The SMILES string of the molecule is CC1CCCC(CO)(NCCC(=O)NC2CC2)C1. The summed E-state index contributed by atoms with van der Waals surface area (Å²) < 4.78 is 0. The van der Waals surface area contributed by atoms with Gasteiger partial charge in [-0.05, 0) is 31.6 Å². The van der Waals surface area contributed by atoms with Crippen LogP contribution in [-0.4, -0.2) is 35.7 Å². The van der Waals surface area contributed by atoms with Crippen molar-refractivity contribution < 1.29 is 9.90 Å². The highest BCUT2D eigenvalue weighted by Gasteiger charge is 2.33.